The second-order valence-electron chi connectivity index (χ2n) is 4.88. The third-order valence-corrected chi connectivity index (χ3v) is 3.22. The van der Waals surface area contributed by atoms with Gasteiger partial charge in [-0.1, -0.05) is 29.8 Å². The van der Waals surface area contributed by atoms with Crippen molar-refractivity contribution in [3.8, 4) is 11.1 Å². The van der Waals surface area contributed by atoms with E-state index in [1.165, 1.54) is 6.07 Å². The number of hydrogen-bond donors (Lipinski definition) is 1. The summed E-state index contributed by atoms with van der Waals surface area (Å²) in [4.78, 5) is 0. The molecule has 0 unspecified atom stereocenters. The molecule has 0 aliphatic carbocycles. The largest absolute Gasteiger partial charge is 0.419 e. The molecule has 2 aromatic rings. The average molecular weight is 297 g/mol. The van der Waals surface area contributed by atoms with Crippen molar-refractivity contribution in [1.82, 2.24) is 5.32 Å². The zero-order valence-corrected chi connectivity index (χ0v) is 11.7. The van der Waals surface area contributed by atoms with Gasteiger partial charge in [0.25, 0.3) is 0 Å². The molecule has 1 nitrogen and oxygen atoms in total. The van der Waals surface area contributed by atoms with Crippen LogP contribution in [0, 0.1) is 12.7 Å². The Labute approximate surface area is 120 Å². The van der Waals surface area contributed by atoms with Crippen LogP contribution in [0.4, 0.5) is 17.6 Å². The standard InChI is InChI=1S/C16H15F4N/c1-10-3-4-12(9-21-2)13(7-10)11-5-6-15(17)14(8-11)16(18,19)20/h3-8,21H,9H2,1-2H3. The molecule has 0 heterocycles. The Balaban J connectivity index is 2.59. The zero-order chi connectivity index (χ0) is 15.6. The molecule has 112 valence electrons. The molecule has 0 aliphatic rings. The van der Waals surface area contributed by atoms with Gasteiger partial charge in [-0.25, -0.2) is 4.39 Å². The molecule has 2 aromatic carbocycles. The van der Waals surface area contributed by atoms with Gasteiger partial charge in [-0.3, -0.25) is 0 Å². The maximum absolute atomic E-state index is 13.4. The Kier molecular flexibility index (Phi) is 4.32. The van der Waals surface area contributed by atoms with Gasteiger partial charge in [0, 0.05) is 6.54 Å². The van der Waals surface area contributed by atoms with Gasteiger partial charge in [-0.15, -0.1) is 0 Å². The van der Waals surface area contributed by atoms with Crippen molar-refractivity contribution in [1.29, 1.82) is 0 Å². The summed E-state index contributed by atoms with van der Waals surface area (Å²) in [6.07, 6.45) is -4.70. The number of nitrogens with one attached hydrogen (secondary N) is 1. The van der Waals surface area contributed by atoms with E-state index in [1.54, 1.807) is 13.1 Å². The molecule has 21 heavy (non-hydrogen) atoms. The SMILES string of the molecule is CNCc1ccc(C)cc1-c1ccc(F)c(C(F)(F)F)c1. The predicted octanol–water partition coefficient (Wildman–Crippen LogP) is 4.54. The molecule has 2 rings (SSSR count). The van der Waals surface area contributed by atoms with Crippen LogP contribution in [0.2, 0.25) is 0 Å². The lowest BCUT2D eigenvalue weighted by atomic mass is 9.96. The van der Waals surface area contributed by atoms with Crippen molar-refractivity contribution < 1.29 is 17.6 Å². The first kappa shape index (κ1) is 15.5. The first-order valence-corrected chi connectivity index (χ1v) is 6.44. The molecule has 0 aliphatic heterocycles. The highest BCUT2D eigenvalue weighted by Gasteiger charge is 2.34. The minimum absolute atomic E-state index is 0.359. The molecular formula is C16H15F4N. The van der Waals surface area contributed by atoms with Crippen LogP contribution in [0.25, 0.3) is 11.1 Å². The van der Waals surface area contributed by atoms with Crippen molar-refractivity contribution in [3.05, 3.63) is 58.9 Å². The first-order valence-electron chi connectivity index (χ1n) is 6.44. The molecule has 0 radical (unpaired) electrons. The van der Waals surface area contributed by atoms with Crippen LogP contribution < -0.4 is 5.32 Å². The van der Waals surface area contributed by atoms with Crippen molar-refractivity contribution in [2.24, 2.45) is 0 Å². The van der Waals surface area contributed by atoms with E-state index in [0.29, 0.717) is 17.7 Å². The van der Waals surface area contributed by atoms with E-state index in [4.69, 9.17) is 0 Å². The maximum Gasteiger partial charge on any atom is 0.419 e. The molecule has 0 saturated heterocycles. The molecule has 0 saturated carbocycles. The van der Waals surface area contributed by atoms with Gasteiger partial charge in [0.15, 0.2) is 0 Å². The third kappa shape index (κ3) is 3.42. The number of hydrogen-bond acceptors (Lipinski definition) is 1. The van der Waals surface area contributed by atoms with Gasteiger partial charge in [0.1, 0.15) is 5.82 Å². The molecule has 0 fully saturated rings. The van der Waals surface area contributed by atoms with Crippen molar-refractivity contribution in [2.45, 2.75) is 19.6 Å². The fraction of sp³-hybridized carbons (Fsp3) is 0.250. The Hall–Kier alpha value is -1.88. The highest BCUT2D eigenvalue weighted by atomic mass is 19.4. The van der Waals surface area contributed by atoms with E-state index in [-0.39, 0.29) is 0 Å². The highest BCUT2D eigenvalue weighted by molar-refractivity contribution is 5.69. The third-order valence-electron chi connectivity index (χ3n) is 3.22. The molecule has 0 atom stereocenters. The summed E-state index contributed by atoms with van der Waals surface area (Å²) in [7, 11) is 1.76. The minimum atomic E-state index is -4.70. The van der Waals surface area contributed by atoms with Crippen LogP contribution >= 0.6 is 0 Å². The zero-order valence-electron chi connectivity index (χ0n) is 11.7. The Morgan fingerprint density at radius 2 is 1.76 bits per heavy atom. The molecular weight excluding hydrogens is 282 g/mol. The summed E-state index contributed by atoms with van der Waals surface area (Å²) < 4.78 is 51.8. The number of halogens is 4. The van der Waals surface area contributed by atoms with Gasteiger partial charge < -0.3 is 5.32 Å². The molecule has 5 heteroatoms. The van der Waals surface area contributed by atoms with Crippen molar-refractivity contribution in [2.75, 3.05) is 7.05 Å². The topological polar surface area (TPSA) is 12.0 Å². The van der Waals surface area contributed by atoms with Gasteiger partial charge in [-0.05, 0) is 42.8 Å². The van der Waals surface area contributed by atoms with Gasteiger partial charge in [0.2, 0.25) is 0 Å². The monoisotopic (exact) mass is 297 g/mol. The van der Waals surface area contributed by atoms with Crippen LogP contribution in [0.1, 0.15) is 16.7 Å². The number of alkyl halides is 3. The molecule has 0 spiro atoms. The summed E-state index contributed by atoms with van der Waals surface area (Å²) in [6, 6.07) is 8.66. The van der Waals surface area contributed by atoms with E-state index in [9.17, 15) is 17.6 Å². The van der Waals surface area contributed by atoms with Crippen LogP contribution in [-0.4, -0.2) is 7.05 Å². The van der Waals surface area contributed by atoms with Gasteiger partial charge in [0.05, 0.1) is 5.56 Å². The minimum Gasteiger partial charge on any atom is -0.316 e. The van der Waals surface area contributed by atoms with Crippen molar-refractivity contribution in [3.63, 3.8) is 0 Å². The second kappa shape index (κ2) is 5.85. The van der Waals surface area contributed by atoms with Crippen molar-refractivity contribution >= 4 is 0 Å². The smallest absolute Gasteiger partial charge is 0.316 e. The van der Waals surface area contributed by atoms with Gasteiger partial charge in [-0.2, -0.15) is 13.2 Å². The molecule has 0 amide bonds. The molecule has 0 bridgehead atoms. The van der Waals surface area contributed by atoms with Crippen LogP contribution in [0.5, 0.6) is 0 Å². The number of benzene rings is 2. The lowest BCUT2D eigenvalue weighted by Gasteiger charge is -2.14. The van der Waals surface area contributed by atoms with E-state index in [0.717, 1.165) is 23.3 Å². The van der Waals surface area contributed by atoms with E-state index in [2.05, 4.69) is 5.32 Å². The first-order chi connectivity index (χ1) is 9.82. The Morgan fingerprint density at radius 3 is 2.38 bits per heavy atom. The fourth-order valence-electron chi connectivity index (χ4n) is 2.21. The molecule has 0 aromatic heterocycles. The fourth-order valence-corrected chi connectivity index (χ4v) is 2.21. The van der Waals surface area contributed by atoms with Crippen LogP contribution in [-0.2, 0) is 12.7 Å². The highest BCUT2D eigenvalue weighted by Crippen LogP contribution is 2.35. The van der Waals surface area contributed by atoms with E-state index < -0.39 is 17.6 Å². The number of aryl methyl sites for hydroxylation is 1. The average Bonchev–Trinajstić information content (AvgIpc) is 2.40. The maximum atomic E-state index is 13.4. The van der Waals surface area contributed by atoms with E-state index in [1.807, 2.05) is 19.1 Å². The normalized spacial score (nSPS) is 11.7. The number of rotatable bonds is 3. The predicted molar refractivity (Wildman–Crippen MR) is 74.3 cm³/mol. The lowest BCUT2D eigenvalue weighted by molar-refractivity contribution is -0.139. The summed E-state index contributed by atoms with van der Waals surface area (Å²) in [5, 5.41) is 2.97. The van der Waals surface area contributed by atoms with E-state index >= 15 is 0 Å². The molecule has 1 N–H and O–H groups in total. The van der Waals surface area contributed by atoms with Crippen LogP contribution in [0.3, 0.4) is 0 Å². The summed E-state index contributed by atoms with van der Waals surface area (Å²) in [6.45, 7) is 2.38. The summed E-state index contributed by atoms with van der Waals surface area (Å²) in [5.41, 5.74) is 1.59. The lowest BCUT2D eigenvalue weighted by Crippen LogP contribution is -2.09. The van der Waals surface area contributed by atoms with Gasteiger partial charge >= 0.3 is 6.18 Å². The summed E-state index contributed by atoms with van der Waals surface area (Å²) >= 11 is 0. The van der Waals surface area contributed by atoms with Crippen LogP contribution in [0.15, 0.2) is 36.4 Å². The second-order valence-corrected chi connectivity index (χ2v) is 4.88. The Morgan fingerprint density at radius 1 is 1.05 bits per heavy atom. The quantitative estimate of drug-likeness (QED) is 0.820. The summed E-state index contributed by atoms with van der Waals surface area (Å²) in [5.74, 6) is -1.26. The Bertz CT molecular complexity index is 647.